The zero-order valence-electron chi connectivity index (χ0n) is 23.3. The van der Waals surface area contributed by atoms with Crippen LogP contribution in [0.5, 0.6) is 5.75 Å². The van der Waals surface area contributed by atoms with Gasteiger partial charge in [-0.05, 0) is 78.5 Å². The molecule has 10 heteroatoms. The average molecular weight is 631 g/mol. The Morgan fingerprint density at radius 3 is 2.25 bits per heavy atom. The normalized spacial score (nSPS) is 11.9. The Morgan fingerprint density at radius 1 is 1.00 bits per heavy atom. The Morgan fingerprint density at radius 2 is 1.68 bits per heavy atom. The summed E-state index contributed by atoms with van der Waals surface area (Å²) in [6, 6.07) is 20.3. The molecule has 0 aliphatic carbocycles. The third kappa shape index (κ3) is 7.63. The summed E-state index contributed by atoms with van der Waals surface area (Å²) in [4.78, 5) is 28.5. The van der Waals surface area contributed by atoms with Crippen LogP contribution in [0.25, 0.3) is 0 Å². The quantitative estimate of drug-likeness (QED) is 0.289. The molecular formula is C30H36BrN3O5S. The van der Waals surface area contributed by atoms with E-state index in [1.54, 1.807) is 30.3 Å². The largest absolute Gasteiger partial charge is 0.496 e. The standard InChI is InChI=1S/C30H36BrN3O5S/c1-5-27(30(36)32-6-2)33(19-18-23-10-8-7-9-11-23)29(35)21-34(24-14-12-22(3)13-15-24)40(37,38)25-16-17-28(39-4)26(31)20-25/h7-17,20,27H,5-6,18-19,21H2,1-4H3,(H,32,36)/t27-/m0/s1. The van der Waals surface area contributed by atoms with E-state index in [4.69, 9.17) is 4.74 Å². The van der Waals surface area contributed by atoms with Gasteiger partial charge >= 0.3 is 0 Å². The number of hydrogen-bond donors (Lipinski definition) is 1. The Kier molecular flexibility index (Phi) is 11.2. The summed E-state index contributed by atoms with van der Waals surface area (Å²) in [6.07, 6.45) is 0.903. The molecule has 214 valence electrons. The number of sulfonamides is 1. The number of aryl methyl sites for hydroxylation is 1. The molecule has 1 atom stereocenters. The van der Waals surface area contributed by atoms with Crippen LogP contribution < -0.4 is 14.4 Å². The number of halogens is 1. The maximum Gasteiger partial charge on any atom is 0.264 e. The Balaban J connectivity index is 2.02. The molecule has 8 nitrogen and oxygen atoms in total. The van der Waals surface area contributed by atoms with Crippen molar-refractivity contribution in [2.75, 3.05) is 31.0 Å². The summed E-state index contributed by atoms with van der Waals surface area (Å²) in [7, 11) is -2.68. The van der Waals surface area contributed by atoms with Crippen molar-refractivity contribution in [3.63, 3.8) is 0 Å². The van der Waals surface area contributed by atoms with Gasteiger partial charge in [-0.3, -0.25) is 13.9 Å². The van der Waals surface area contributed by atoms with Crippen LogP contribution in [0.3, 0.4) is 0 Å². The topological polar surface area (TPSA) is 96.0 Å². The highest BCUT2D eigenvalue weighted by molar-refractivity contribution is 9.10. The summed E-state index contributed by atoms with van der Waals surface area (Å²) in [6.45, 7) is 5.77. The van der Waals surface area contributed by atoms with Crippen LogP contribution in [0.2, 0.25) is 0 Å². The fourth-order valence-corrected chi connectivity index (χ4v) is 6.50. The van der Waals surface area contributed by atoms with E-state index in [9.17, 15) is 18.0 Å². The Hall–Kier alpha value is -3.37. The van der Waals surface area contributed by atoms with E-state index in [-0.39, 0.29) is 17.3 Å². The monoisotopic (exact) mass is 629 g/mol. The molecule has 3 aromatic carbocycles. The lowest BCUT2D eigenvalue weighted by Gasteiger charge is -2.33. The molecule has 0 fully saturated rings. The molecule has 2 amide bonds. The zero-order valence-corrected chi connectivity index (χ0v) is 25.7. The van der Waals surface area contributed by atoms with Gasteiger partial charge in [0, 0.05) is 13.1 Å². The minimum absolute atomic E-state index is 0.000142. The molecule has 0 radical (unpaired) electrons. The van der Waals surface area contributed by atoms with Crippen LogP contribution in [0.15, 0.2) is 82.2 Å². The van der Waals surface area contributed by atoms with Crippen molar-refractivity contribution in [2.45, 2.75) is 44.6 Å². The first-order valence-electron chi connectivity index (χ1n) is 13.2. The molecule has 3 rings (SSSR count). The molecule has 0 aromatic heterocycles. The van der Waals surface area contributed by atoms with Crippen molar-refractivity contribution in [2.24, 2.45) is 0 Å². The maximum atomic E-state index is 14.0. The molecule has 1 N–H and O–H groups in total. The van der Waals surface area contributed by atoms with E-state index < -0.39 is 28.5 Å². The fraction of sp³-hybridized carbons (Fsp3) is 0.333. The van der Waals surface area contributed by atoms with E-state index in [1.807, 2.05) is 51.1 Å². The SMILES string of the molecule is CCNC(=O)[C@H](CC)N(CCc1ccccc1)C(=O)CN(c1ccc(C)cc1)S(=O)(=O)c1ccc(OC)c(Br)c1. The summed E-state index contributed by atoms with van der Waals surface area (Å²) in [5, 5.41) is 2.81. The number of carbonyl (C=O) groups is 2. The number of methoxy groups -OCH3 is 1. The number of nitrogens with one attached hydrogen (secondary N) is 1. The third-order valence-electron chi connectivity index (χ3n) is 6.53. The summed E-state index contributed by atoms with van der Waals surface area (Å²) < 4.78 is 34.8. The predicted octanol–water partition coefficient (Wildman–Crippen LogP) is 4.95. The lowest BCUT2D eigenvalue weighted by Crippen LogP contribution is -2.53. The van der Waals surface area contributed by atoms with Gasteiger partial charge in [0.05, 0.1) is 22.2 Å². The molecule has 0 heterocycles. The molecule has 0 spiro atoms. The van der Waals surface area contributed by atoms with Crippen LogP contribution in [-0.4, -0.2) is 57.9 Å². The second-order valence-electron chi connectivity index (χ2n) is 9.28. The minimum atomic E-state index is -4.17. The number of likely N-dealkylation sites (N-methyl/N-ethyl adjacent to an activating group) is 1. The van der Waals surface area contributed by atoms with Crippen LogP contribution in [0.4, 0.5) is 5.69 Å². The highest BCUT2D eigenvalue weighted by atomic mass is 79.9. The molecule has 0 aliphatic rings. The first-order chi connectivity index (χ1) is 19.1. The average Bonchev–Trinajstić information content (AvgIpc) is 2.94. The van der Waals surface area contributed by atoms with Crippen molar-refractivity contribution >= 4 is 43.5 Å². The molecule has 0 aliphatic heterocycles. The first kappa shape index (κ1) is 31.2. The number of amides is 2. The number of ether oxygens (including phenoxy) is 1. The predicted molar refractivity (Wildman–Crippen MR) is 161 cm³/mol. The van der Waals surface area contributed by atoms with Crippen molar-refractivity contribution in [1.29, 1.82) is 0 Å². The minimum Gasteiger partial charge on any atom is -0.496 e. The van der Waals surface area contributed by atoms with Gasteiger partial charge in [-0.25, -0.2) is 8.42 Å². The Labute approximate surface area is 245 Å². The Bertz CT molecular complexity index is 1400. The number of nitrogens with zero attached hydrogens (tertiary/aromatic N) is 2. The van der Waals surface area contributed by atoms with Gasteiger partial charge in [-0.1, -0.05) is 55.0 Å². The van der Waals surface area contributed by atoms with Gasteiger partial charge < -0.3 is 15.0 Å². The zero-order chi connectivity index (χ0) is 29.3. The van der Waals surface area contributed by atoms with Crippen molar-refractivity contribution < 1.29 is 22.7 Å². The van der Waals surface area contributed by atoms with Crippen molar-refractivity contribution in [3.05, 3.63) is 88.4 Å². The summed E-state index contributed by atoms with van der Waals surface area (Å²) in [5.74, 6) is -0.252. The smallest absolute Gasteiger partial charge is 0.264 e. The van der Waals surface area contributed by atoms with E-state index >= 15 is 0 Å². The number of carbonyl (C=O) groups excluding carboxylic acids is 2. The van der Waals surface area contributed by atoms with E-state index in [1.165, 1.54) is 24.1 Å². The van der Waals surface area contributed by atoms with Crippen LogP contribution in [-0.2, 0) is 26.0 Å². The highest BCUT2D eigenvalue weighted by Crippen LogP contribution is 2.31. The number of hydrogen-bond acceptors (Lipinski definition) is 5. The number of rotatable bonds is 13. The molecule has 3 aromatic rings. The molecular weight excluding hydrogens is 594 g/mol. The molecule has 0 bridgehead atoms. The highest BCUT2D eigenvalue weighted by Gasteiger charge is 2.33. The molecule has 0 saturated carbocycles. The van der Waals surface area contributed by atoms with Crippen LogP contribution >= 0.6 is 15.9 Å². The first-order valence-corrected chi connectivity index (χ1v) is 15.4. The third-order valence-corrected chi connectivity index (χ3v) is 8.92. The van der Waals surface area contributed by atoms with Gasteiger partial charge in [0.1, 0.15) is 18.3 Å². The second kappa shape index (κ2) is 14.3. The van der Waals surface area contributed by atoms with E-state index in [0.717, 1.165) is 15.4 Å². The number of benzene rings is 3. The second-order valence-corrected chi connectivity index (χ2v) is 12.0. The van der Waals surface area contributed by atoms with Gasteiger partial charge in [0.15, 0.2) is 0 Å². The lowest BCUT2D eigenvalue weighted by molar-refractivity contribution is -0.139. The van der Waals surface area contributed by atoms with Crippen molar-refractivity contribution in [3.8, 4) is 5.75 Å². The van der Waals surface area contributed by atoms with Gasteiger partial charge in [-0.15, -0.1) is 0 Å². The van der Waals surface area contributed by atoms with Gasteiger partial charge in [0.2, 0.25) is 11.8 Å². The fourth-order valence-electron chi connectivity index (χ4n) is 4.36. The molecule has 40 heavy (non-hydrogen) atoms. The summed E-state index contributed by atoms with van der Waals surface area (Å²) >= 11 is 3.36. The lowest BCUT2D eigenvalue weighted by atomic mass is 10.1. The van der Waals surface area contributed by atoms with E-state index in [2.05, 4.69) is 21.2 Å². The maximum absolute atomic E-state index is 14.0. The van der Waals surface area contributed by atoms with Crippen LogP contribution in [0, 0.1) is 6.92 Å². The van der Waals surface area contributed by atoms with Crippen LogP contribution in [0.1, 0.15) is 31.4 Å². The summed E-state index contributed by atoms with van der Waals surface area (Å²) in [5.41, 5.74) is 2.31. The van der Waals surface area contributed by atoms with E-state index in [0.29, 0.717) is 35.3 Å². The number of anilines is 1. The van der Waals surface area contributed by atoms with Gasteiger partial charge in [-0.2, -0.15) is 0 Å². The van der Waals surface area contributed by atoms with Crippen molar-refractivity contribution in [1.82, 2.24) is 10.2 Å². The molecule has 0 saturated heterocycles. The molecule has 0 unspecified atom stereocenters. The van der Waals surface area contributed by atoms with Gasteiger partial charge in [0.25, 0.3) is 10.0 Å².